The summed E-state index contributed by atoms with van der Waals surface area (Å²) in [5, 5.41) is 22.3. The van der Waals surface area contributed by atoms with Gasteiger partial charge in [-0.2, -0.15) is 5.26 Å². The number of methoxy groups -OCH3 is 1. The summed E-state index contributed by atoms with van der Waals surface area (Å²) < 4.78 is 29.4. The lowest BCUT2D eigenvalue weighted by atomic mass is 9.80. The number of carbonyl (C=O) groups is 2. The van der Waals surface area contributed by atoms with Gasteiger partial charge in [0.15, 0.2) is 23.0 Å². The molecule has 2 aromatic carbocycles. The molecule has 44 heavy (non-hydrogen) atoms. The Morgan fingerprint density at radius 2 is 1.91 bits per heavy atom. The first-order valence-electron chi connectivity index (χ1n) is 14.4. The second kappa shape index (κ2) is 11.3. The Labute approximate surface area is 259 Å². The average Bonchev–Trinajstić information content (AvgIpc) is 3.41. The number of hydrogen-bond acceptors (Lipinski definition) is 13. The number of thioether (sulfide) groups is 1. The molecule has 0 amide bonds. The van der Waals surface area contributed by atoms with Crippen molar-refractivity contribution in [2.45, 2.75) is 62.7 Å². The van der Waals surface area contributed by atoms with Crippen LogP contribution in [-0.4, -0.2) is 85.3 Å². The van der Waals surface area contributed by atoms with E-state index in [4.69, 9.17) is 29.4 Å². The molecule has 1 fully saturated rings. The van der Waals surface area contributed by atoms with Gasteiger partial charge in [-0.25, -0.2) is 0 Å². The Bertz CT molecular complexity index is 1590. The van der Waals surface area contributed by atoms with Crippen LogP contribution in [0.3, 0.4) is 0 Å². The molecule has 2 aromatic rings. The lowest BCUT2D eigenvalue weighted by molar-refractivity contribution is -0.147. The van der Waals surface area contributed by atoms with Crippen LogP contribution in [0.2, 0.25) is 0 Å². The van der Waals surface area contributed by atoms with E-state index >= 15 is 0 Å². The van der Waals surface area contributed by atoms with Gasteiger partial charge in [0.1, 0.15) is 24.4 Å². The number of nitriles is 1. The number of aryl methyl sites for hydroxylation is 1. The molecule has 4 heterocycles. The quantitative estimate of drug-likeness (QED) is 0.380. The highest BCUT2D eigenvalue weighted by Crippen LogP contribution is 2.64. The van der Waals surface area contributed by atoms with Gasteiger partial charge in [-0.3, -0.25) is 14.5 Å². The molecule has 2 bridgehead atoms. The molecule has 0 radical (unpaired) electrons. The summed E-state index contributed by atoms with van der Waals surface area (Å²) in [6.45, 7) is 4.80. The molecule has 4 aliphatic rings. The molecule has 12 nitrogen and oxygen atoms in total. The monoisotopic (exact) mass is 624 g/mol. The summed E-state index contributed by atoms with van der Waals surface area (Å²) in [7, 11) is 5.35. The molecule has 6 atom stereocenters. The molecule has 13 heteroatoms. The zero-order valence-corrected chi connectivity index (χ0v) is 26.3. The first-order valence-corrected chi connectivity index (χ1v) is 15.5. The minimum atomic E-state index is -0.920. The van der Waals surface area contributed by atoms with Crippen LogP contribution in [0, 0.1) is 25.2 Å². The number of carbonyl (C=O) groups excluding carboxylic acids is 2. The molecule has 0 aliphatic carbocycles. The molecule has 0 aromatic heterocycles. The SMILES string of the molecule is COc1c(C)cc2c(c1O)C1[C@@H]3SCC(N)C(=O)OC[C@@H](c4c5c(c(C)c(OC(C)=O)c43)OCO5)N1[C@@H](C#N)C(N(C)C)C2. The zero-order chi connectivity index (χ0) is 31.6. The number of cyclic esters (lactones) is 1. The van der Waals surface area contributed by atoms with E-state index in [1.165, 1.54) is 25.8 Å². The number of likely N-dealkylation sites (N-methyl/N-ethyl adjacent to an activating group) is 1. The maximum atomic E-state index is 13.0. The van der Waals surface area contributed by atoms with Gasteiger partial charge in [-0.05, 0) is 45.5 Å². The van der Waals surface area contributed by atoms with Crippen LogP contribution < -0.4 is 24.7 Å². The summed E-state index contributed by atoms with van der Waals surface area (Å²) >= 11 is 1.38. The van der Waals surface area contributed by atoms with Crippen molar-refractivity contribution in [3.8, 4) is 34.8 Å². The van der Waals surface area contributed by atoms with E-state index < -0.39 is 41.4 Å². The highest BCUT2D eigenvalue weighted by molar-refractivity contribution is 7.99. The van der Waals surface area contributed by atoms with Crippen LogP contribution in [0.5, 0.6) is 28.7 Å². The Balaban J connectivity index is 1.76. The van der Waals surface area contributed by atoms with Gasteiger partial charge in [0.05, 0.1) is 30.5 Å². The second-order valence-corrected chi connectivity index (χ2v) is 13.0. The van der Waals surface area contributed by atoms with Gasteiger partial charge in [0, 0.05) is 41.0 Å². The third-order valence-electron chi connectivity index (χ3n) is 9.02. The summed E-state index contributed by atoms with van der Waals surface area (Å²) in [5.41, 5.74) is 10.4. The minimum Gasteiger partial charge on any atom is -0.504 e. The highest BCUT2D eigenvalue weighted by atomic mass is 32.2. The third kappa shape index (κ3) is 4.54. The highest BCUT2D eigenvalue weighted by Gasteiger charge is 2.55. The van der Waals surface area contributed by atoms with Crippen molar-refractivity contribution in [3.63, 3.8) is 0 Å². The number of nitrogens with two attached hydrogens (primary N) is 1. The Kier molecular flexibility index (Phi) is 7.82. The number of phenolic OH excluding ortho intramolecular Hbond substituents is 1. The normalized spacial score (nSPS) is 27.4. The van der Waals surface area contributed by atoms with E-state index in [0.717, 1.165) is 11.1 Å². The first kappa shape index (κ1) is 30.3. The summed E-state index contributed by atoms with van der Waals surface area (Å²) in [5.74, 6) is 0.611. The van der Waals surface area contributed by atoms with Gasteiger partial charge >= 0.3 is 11.9 Å². The zero-order valence-electron chi connectivity index (χ0n) is 25.5. The van der Waals surface area contributed by atoms with Crippen LogP contribution in [0.4, 0.5) is 0 Å². The van der Waals surface area contributed by atoms with Gasteiger partial charge in [-0.15, -0.1) is 11.8 Å². The Morgan fingerprint density at radius 3 is 2.57 bits per heavy atom. The van der Waals surface area contributed by atoms with Gasteiger partial charge < -0.3 is 39.4 Å². The van der Waals surface area contributed by atoms with Crippen LogP contribution in [-0.2, 0) is 20.7 Å². The largest absolute Gasteiger partial charge is 0.504 e. The number of rotatable bonds is 3. The molecular weight excluding hydrogens is 588 g/mol. The molecule has 0 spiro atoms. The van der Waals surface area contributed by atoms with Crippen LogP contribution >= 0.6 is 11.8 Å². The van der Waals surface area contributed by atoms with E-state index in [2.05, 4.69) is 6.07 Å². The van der Waals surface area contributed by atoms with Crippen molar-refractivity contribution in [1.82, 2.24) is 9.80 Å². The molecule has 4 aliphatic heterocycles. The Hall–Kier alpha value is -3.70. The van der Waals surface area contributed by atoms with Crippen molar-refractivity contribution in [2.75, 3.05) is 40.4 Å². The second-order valence-electron chi connectivity index (χ2n) is 11.8. The first-order chi connectivity index (χ1) is 21.0. The van der Waals surface area contributed by atoms with E-state index in [9.17, 15) is 20.0 Å². The number of esters is 2. The predicted octanol–water partition coefficient (Wildman–Crippen LogP) is 2.81. The maximum absolute atomic E-state index is 13.0. The number of nitrogens with zero attached hydrogens (tertiary/aromatic N) is 3. The van der Waals surface area contributed by atoms with E-state index in [1.807, 2.05) is 36.9 Å². The number of hydrogen-bond donors (Lipinski definition) is 2. The number of ether oxygens (including phenoxy) is 5. The predicted molar refractivity (Wildman–Crippen MR) is 160 cm³/mol. The molecule has 3 unspecified atom stereocenters. The van der Waals surface area contributed by atoms with Gasteiger partial charge in [0.25, 0.3) is 0 Å². The summed E-state index contributed by atoms with van der Waals surface area (Å²) in [6, 6.07) is 1.21. The smallest absolute Gasteiger partial charge is 0.323 e. The lowest BCUT2D eigenvalue weighted by Crippen LogP contribution is -2.54. The van der Waals surface area contributed by atoms with Crippen LogP contribution in [0.15, 0.2) is 6.07 Å². The fraction of sp³-hybridized carbons (Fsp3) is 0.516. The molecule has 3 N–H and O–H groups in total. The van der Waals surface area contributed by atoms with Crippen LogP contribution in [0.1, 0.15) is 57.6 Å². The standard InChI is InChI=1S/C31H36N4O8S/c1-13-7-16-8-18(34(4)5)19(9-32)35-20-10-40-31(38)17(33)11-44-30(24(35)21(16)25(37)26(13)39-6)23-22(20)29-28(41-12-42-29)14(2)27(23)43-15(3)36/h7,17-20,24,30,37H,8,10-12,33H2,1-6H3/t17?,18?,19-,20-,24?,30+/m0/s1. The fourth-order valence-corrected chi connectivity index (χ4v) is 8.59. The number of benzene rings is 2. The summed E-state index contributed by atoms with van der Waals surface area (Å²) in [4.78, 5) is 29.6. The molecule has 6 rings (SSSR count). The van der Waals surface area contributed by atoms with Gasteiger partial charge in [0.2, 0.25) is 6.79 Å². The fourth-order valence-electron chi connectivity index (χ4n) is 7.18. The van der Waals surface area contributed by atoms with Crippen LogP contribution in [0.25, 0.3) is 0 Å². The number of aromatic hydroxyl groups is 1. The lowest BCUT2D eigenvalue weighted by Gasteiger charge is -2.50. The molecule has 1 saturated heterocycles. The summed E-state index contributed by atoms with van der Waals surface area (Å²) in [6.07, 6.45) is 0.458. The van der Waals surface area contributed by atoms with E-state index in [-0.39, 0.29) is 30.9 Å². The van der Waals surface area contributed by atoms with Crippen molar-refractivity contribution in [2.24, 2.45) is 5.73 Å². The molecule has 234 valence electrons. The Morgan fingerprint density at radius 1 is 1.18 bits per heavy atom. The third-order valence-corrected chi connectivity index (χ3v) is 10.4. The van der Waals surface area contributed by atoms with Crippen molar-refractivity contribution in [1.29, 1.82) is 5.26 Å². The van der Waals surface area contributed by atoms with Crippen molar-refractivity contribution >= 4 is 23.7 Å². The van der Waals surface area contributed by atoms with Gasteiger partial charge in [-0.1, -0.05) is 6.07 Å². The maximum Gasteiger partial charge on any atom is 0.323 e. The topological polar surface area (TPSA) is 157 Å². The average molecular weight is 625 g/mol. The number of phenols is 1. The minimum absolute atomic E-state index is 0.0220. The molecular formula is C31H36N4O8S. The number of fused-ring (bicyclic) bond motifs is 6. The van der Waals surface area contributed by atoms with Crippen molar-refractivity contribution < 1.29 is 38.4 Å². The van der Waals surface area contributed by atoms with E-state index in [0.29, 0.717) is 51.7 Å². The van der Waals surface area contributed by atoms with E-state index in [1.54, 1.807) is 6.92 Å². The van der Waals surface area contributed by atoms with Crippen molar-refractivity contribution in [3.05, 3.63) is 39.4 Å². The molecule has 0 saturated carbocycles.